The Morgan fingerprint density at radius 3 is 2.56 bits per heavy atom. The second-order valence-electron chi connectivity index (χ2n) is 5.97. The van der Waals surface area contributed by atoms with Gasteiger partial charge in [-0.15, -0.1) is 0 Å². The molecule has 0 fully saturated rings. The molecule has 0 bridgehead atoms. The summed E-state index contributed by atoms with van der Waals surface area (Å²) in [4.78, 5) is 26.8. The molecule has 1 atom stereocenters. The van der Waals surface area contributed by atoms with Crippen molar-refractivity contribution in [3.63, 3.8) is 0 Å². The van der Waals surface area contributed by atoms with Crippen LogP contribution in [0.4, 0.5) is 0 Å². The zero-order valence-electron chi connectivity index (χ0n) is 14.6. The number of aldehydes is 1. The van der Waals surface area contributed by atoms with Gasteiger partial charge in [0.15, 0.2) is 0 Å². The van der Waals surface area contributed by atoms with Gasteiger partial charge in [0.25, 0.3) is 0 Å². The highest BCUT2D eigenvalue weighted by Crippen LogP contribution is 2.15. The van der Waals surface area contributed by atoms with E-state index in [1.165, 1.54) is 12.6 Å². The Balaban J connectivity index is 1.83. The predicted molar refractivity (Wildman–Crippen MR) is 95.2 cm³/mol. The smallest absolute Gasteiger partial charge is 0.345 e. The van der Waals surface area contributed by atoms with E-state index in [-0.39, 0.29) is 0 Å². The highest BCUT2D eigenvalue weighted by molar-refractivity contribution is 5.90. The van der Waals surface area contributed by atoms with Gasteiger partial charge in [-0.1, -0.05) is 20.3 Å². The number of benzene rings is 1. The van der Waals surface area contributed by atoms with Gasteiger partial charge >= 0.3 is 5.97 Å². The third-order valence-corrected chi connectivity index (χ3v) is 3.99. The first-order chi connectivity index (χ1) is 12.1. The second-order valence-corrected chi connectivity index (χ2v) is 5.97. The molecule has 2 rings (SSSR count). The zero-order chi connectivity index (χ0) is 18.1. The van der Waals surface area contributed by atoms with Crippen LogP contribution in [0.5, 0.6) is 11.6 Å². The molecule has 1 aromatic heterocycles. The Bertz CT molecular complexity index is 680. The molecule has 0 aliphatic carbocycles. The highest BCUT2D eigenvalue weighted by Gasteiger charge is 2.10. The molecule has 0 N–H and O–H groups in total. The van der Waals surface area contributed by atoms with Crippen LogP contribution < -0.4 is 9.47 Å². The lowest BCUT2D eigenvalue weighted by Gasteiger charge is -2.09. The summed E-state index contributed by atoms with van der Waals surface area (Å²) in [6.45, 7) is 5.02. The molecule has 0 aliphatic heterocycles. The minimum Gasteiger partial charge on any atom is -0.478 e. The third-order valence-electron chi connectivity index (χ3n) is 3.99. The molecule has 1 aromatic carbocycles. The SMILES string of the molecule is CCC(C)CCCOc1ccc(C(=O)Oc2ccc(C=O)cc2)cn1. The summed E-state index contributed by atoms with van der Waals surface area (Å²) in [6.07, 6.45) is 5.46. The molecule has 2 aromatic rings. The van der Waals surface area contributed by atoms with Crippen LogP contribution in [0.3, 0.4) is 0 Å². The molecule has 0 aliphatic rings. The number of esters is 1. The van der Waals surface area contributed by atoms with Crippen molar-refractivity contribution in [2.45, 2.75) is 33.1 Å². The first kappa shape index (κ1) is 18.6. The van der Waals surface area contributed by atoms with Crippen molar-refractivity contribution in [1.29, 1.82) is 0 Å². The van der Waals surface area contributed by atoms with Crippen molar-refractivity contribution in [3.8, 4) is 11.6 Å². The predicted octanol–water partition coefficient (Wildman–Crippen LogP) is 4.32. The summed E-state index contributed by atoms with van der Waals surface area (Å²) < 4.78 is 10.8. The standard InChI is InChI=1S/C20H23NO4/c1-3-15(2)5-4-12-24-19-11-8-17(13-21-19)20(23)25-18-9-6-16(14-22)7-10-18/h6-11,13-15H,3-5,12H2,1-2H3. The lowest BCUT2D eigenvalue weighted by atomic mass is 10.0. The Kier molecular flexibility index (Phi) is 7.14. The molecule has 5 heteroatoms. The van der Waals surface area contributed by atoms with Gasteiger partial charge in [0, 0.05) is 17.8 Å². The minimum absolute atomic E-state index is 0.339. The molecule has 0 radical (unpaired) electrons. The minimum atomic E-state index is -0.505. The Hall–Kier alpha value is -2.69. The number of hydrogen-bond donors (Lipinski definition) is 0. The molecule has 1 heterocycles. The molecule has 1 unspecified atom stereocenters. The number of carbonyl (C=O) groups is 2. The van der Waals surface area contributed by atoms with E-state index in [1.807, 2.05) is 0 Å². The van der Waals surface area contributed by atoms with Crippen molar-refractivity contribution in [2.24, 2.45) is 5.92 Å². The number of aromatic nitrogens is 1. The second kappa shape index (κ2) is 9.57. The molecule has 0 spiro atoms. The van der Waals surface area contributed by atoms with Gasteiger partial charge in [-0.3, -0.25) is 4.79 Å². The average Bonchev–Trinajstić information content (AvgIpc) is 2.66. The van der Waals surface area contributed by atoms with Crippen LogP contribution in [-0.4, -0.2) is 23.8 Å². The normalized spacial score (nSPS) is 11.6. The fourth-order valence-corrected chi connectivity index (χ4v) is 2.18. The van der Waals surface area contributed by atoms with Crippen LogP contribution in [0.25, 0.3) is 0 Å². The Morgan fingerprint density at radius 1 is 1.20 bits per heavy atom. The molecular formula is C20H23NO4. The number of pyridine rings is 1. The topological polar surface area (TPSA) is 65.5 Å². The summed E-state index contributed by atoms with van der Waals surface area (Å²) in [5.41, 5.74) is 0.864. The summed E-state index contributed by atoms with van der Waals surface area (Å²) in [7, 11) is 0. The molecule has 0 saturated heterocycles. The van der Waals surface area contributed by atoms with E-state index in [2.05, 4.69) is 18.8 Å². The number of carbonyl (C=O) groups excluding carboxylic acids is 2. The Morgan fingerprint density at radius 2 is 1.96 bits per heavy atom. The van der Waals surface area contributed by atoms with Gasteiger partial charge in [0.1, 0.15) is 12.0 Å². The van der Waals surface area contributed by atoms with Gasteiger partial charge in [-0.05, 0) is 49.1 Å². The average molecular weight is 341 g/mol. The van der Waals surface area contributed by atoms with E-state index in [0.717, 1.165) is 19.1 Å². The van der Waals surface area contributed by atoms with Crippen LogP contribution in [0.1, 0.15) is 53.8 Å². The van der Waals surface area contributed by atoms with Crippen LogP contribution in [0, 0.1) is 5.92 Å². The quantitative estimate of drug-likeness (QED) is 0.294. The summed E-state index contributed by atoms with van der Waals surface area (Å²) in [6, 6.07) is 9.61. The van der Waals surface area contributed by atoms with Crippen LogP contribution in [0.2, 0.25) is 0 Å². The van der Waals surface area contributed by atoms with Crippen molar-refractivity contribution in [2.75, 3.05) is 6.61 Å². The maximum Gasteiger partial charge on any atom is 0.345 e. The number of ether oxygens (including phenoxy) is 2. The maximum atomic E-state index is 12.1. The lowest BCUT2D eigenvalue weighted by Crippen LogP contribution is -2.09. The first-order valence-corrected chi connectivity index (χ1v) is 8.48. The van der Waals surface area contributed by atoms with Gasteiger partial charge < -0.3 is 9.47 Å². The van der Waals surface area contributed by atoms with Crippen LogP contribution >= 0.6 is 0 Å². The van der Waals surface area contributed by atoms with E-state index in [9.17, 15) is 9.59 Å². The van der Waals surface area contributed by atoms with E-state index >= 15 is 0 Å². The van der Waals surface area contributed by atoms with Crippen LogP contribution in [0.15, 0.2) is 42.6 Å². The highest BCUT2D eigenvalue weighted by atomic mass is 16.5. The molecule has 132 valence electrons. The van der Waals surface area contributed by atoms with Gasteiger partial charge in [-0.2, -0.15) is 0 Å². The summed E-state index contributed by atoms with van der Waals surface area (Å²) in [5, 5.41) is 0. The largest absolute Gasteiger partial charge is 0.478 e. The molecule has 0 amide bonds. The summed E-state index contributed by atoms with van der Waals surface area (Å²) in [5.74, 6) is 1.07. The molecular weight excluding hydrogens is 318 g/mol. The van der Waals surface area contributed by atoms with Gasteiger partial charge in [-0.25, -0.2) is 9.78 Å². The number of rotatable bonds is 9. The van der Waals surface area contributed by atoms with Gasteiger partial charge in [0.05, 0.1) is 12.2 Å². The van der Waals surface area contributed by atoms with E-state index in [1.54, 1.807) is 36.4 Å². The monoisotopic (exact) mass is 341 g/mol. The van der Waals surface area contributed by atoms with E-state index in [0.29, 0.717) is 35.3 Å². The number of nitrogens with zero attached hydrogens (tertiary/aromatic N) is 1. The molecule has 0 saturated carbocycles. The zero-order valence-corrected chi connectivity index (χ0v) is 14.6. The van der Waals surface area contributed by atoms with E-state index < -0.39 is 5.97 Å². The van der Waals surface area contributed by atoms with Crippen LogP contribution in [-0.2, 0) is 0 Å². The van der Waals surface area contributed by atoms with Crippen molar-refractivity contribution in [1.82, 2.24) is 4.98 Å². The summed E-state index contributed by atoms with van der Waals surface area (Å²) >= 11 is 0. The third kappa shape index (κ3) is 6.03. The van der Waals surface area contributed by atoms with Crippen molar-refractivity contribution in [3.05, 3.63) is 53.7 Å². The molecule has 25 heavy (non-hydrogen) atoms. The maximum absolute atomic E-state index is 12.1. The molecule has 5 nitrogen and oxygen atoms in total. The fourth-order valence-electron chi connectivity index (χ4n) is 2.18. The first-order valence-electron chi connectivity index (χ1n) is 8.48. The lowest BCUT2D eigenvalue weighted by molar-refractivity contribution is 0.0734. The van der Waals surface area contributed by atoms with Gasteiger partial charge in [0.2, 0.25) is 5.88 Å². The van der Waals surface area contributed by atoms with E-state index in [4.69, 9.17) is 9.47 Å². The van der Waals surface area contributed by atoms with Crippen molar-refractivity contribution >= 4 is 12.3 Å². The number of hydrogen-bond acceptors (Lipinski definition) is 5. The van der Waals surface area contributed by atoms with Crippen molar-refractivity contribution < 1.29 is 19.1 Å². The Labute approximate surface area is 148 Å². The fraction of sp³-hybridized carbons (Fsp3) is 0.350.